The highest BCUT2D eigenvalue weighted by Gasteiger charge is 2.28. The second-order valence-corrected chi connectivity index (χ2v) is 9.21. The van der Waals surface area contributed by atoms with E-state index >= 15 is 0 Å². The van der Waals surface area contributed by atoms with E-state index in [-0.39, 0.29) is 16.9 Å². The van der Waals surface area contributed by atoms with Crippen molar-refractivity contribution in [3.63, 3.8) is 0 Å². The van der Waals surface area contributed by atoms with Crippen LogP contribution in [-0.4, -0.2) is 43.9 Å². The third kappa shape index (κ3) is 4.03. The van der Waals surface area contributed by atoms with E-state index < -0.39 is 0 Å². The van der Waals surface area contributed by atoms with Gasteiger partial charge in [-0.2, -0.15) is 10.2 Å². The summed E-state index contributed by atoms with van der Waals surface area (Å²) in [7, 11) is 0. The zero-order chi connectivity index (χ0) is 19.9. The fourth-order valence-corrected chi connectivity index (χ4v) is 3.73. The maximum Gasteiger partial charge on any atom is 0.274 e. The van der Waals surface area contributed by atoms with Crippen LogP contribution >= 0.6 is 0 Å². The lowest BCUT2D eigenvalue weighted by Crippen LogP contribution is -2.40. The van der Waals surface area contributed by atoms with Crippen molar-refractivity contribution >= 4 is 5.91 Å². The van der Waals surface area contributed by atoms with Crippen molar-refractivity contribution in [2.24, 2.45) is 5.92 Å². The maximum absolute atomic E-state index is 12.8. The summed E-state index contributed by atoms with van der Waals surface area (Å²) in [5, 5.41) is 11.8. The molecular formula is C21H29N5O2. The van der Waals surface area contributed by atoms with Crippen LogP contribution in [0.3, 0.4) is 0 Å². The monoisotopic (exact) mass is 383 g/mol. The minimum Gasteiger partial charge on any atom is -0.337 e. The highest BCUT2D eigenvalue weighted by molar-refractivity contribution is 5.92. The van der Waals surface area contributed by atoms with E-state index in [0.717, 1.165) is 24.2 Å². The number of carbonyl (C=O) groups is 1. The molecule has 1 aliphatic heterocycles. The zero-order valence-electron chi connectivity index (χ0n) is 16.9. The van der Waals surface area contributed by atoms with Crippen molar-refractivity contribution < 1.29 is 4.79 Å². The van der Waals surface area contributed by atoms with Crippen LogP contribution in [0.1, 0.15) is 74.2 Å². The number of nitrogens with zero attached hydrogens (tertiary/aromatic N) is 4. The Morgan fingerprint density at radius 2 is 1.89 bits per heavy atom. The molecule has 1 amide bonds. The van der Waals surface area contributed by atoms with Gasteiger partial charge in [0, 0.05) is 42.7 Å². The van der Waals surface area contributed by atoms with Gasteiger partial charge in [-0.25, -0.2) is 4.68 Å². The molecule has 0 aromatic carbocycles. The van der Waals surface area contributed by atoms with Crippen molar-refractivity contribution in [3.05, 3.63) is 45.6 Å². The number of rotatable bonds is 4. The smallest absolute Gasteiger partial charge is 0.274 e. The van der Waals surface area contributed by atoms with Gasteiger partial charge in [-0.3, -0.25) is 14.7 Å². The molecule has 1 saturated heterocycles. The number of piperidine rings is 1. The Bertz CT molecular complexity index is 911. The number of likely N-dealkylation sites (tertiary alicyclic amines) is 1. The van der Waals surface area contributed by atoms with Crippen LogP contribution in [0.4, 0.5) is 0 Å². The highest BCUT2D eigenvalue weighted by atomic mass is 16.2. The van der Waals surface area contributed by atoms with E-state index in [1.165, 1.54) is 12.8 Å². The molecule has 3 heterocycles. The quantitative estimate of drug-likeness (QED) is 0.880. The molecular weight excluding hydrogens is 354 g/mol. The number of nitrogens with one attached hydrogen (secondary N) is 1. The molecule has 150 valence electrons. The molecule has 4 rings (SSSR count). The van der Waals surface area contributed by atoms with Crippen molar-refractivity contribution in [1.29, 1.82) is 0 Å². The highest BCUT2D eigenvalue weighted by Crippen LogP contribution is 2.38. The molecule has 0 unspecified atom stereocenters. The normalized spacial score (nSPS) is 18.5. The first-order valence-electron chi connectivity index (χ1n) is 10.2. The summed E-state index contributed by atoms with van der Waals surface area (Å²) < 4.78 is 1.62. The Morgan fingerprint density at radius 1 is 1.18 bits per heavy atom. The topological polar surface area (TPSA) is 83.9 Å². The predicted molar refractivity (Wildman–Crippen MR) is 106 cm³/mol. The molecule has 2 aliphatic rings. The number of hydrogen-bond acceptors (Lipinski definition) is 4. The standard InChI is InChI=1S/C21H29N5O2/c1-21(2,3)18-12-17(22-23-18)20(28)25-10-8-14(9-11-25)13-26-19(27)7-6-16(24-26)15-4-5-15/h6-7,12,14-15H,4-5,8-11,13H2,1-3H3,(H,22,23). The van der Waals surface area contributed by atoms with Gasteiger partial charge in [0.15, 0.2) is 0 Å². The first-order chi connectivity index (χ1) is 13.3. The van der Waals surface area contributed by atoms with E-state index in [1.54, 1.807) is 10.7 Å². The van der Waals surface area contributed by atoms with E-state index in [9.17, 15) is 9.59 Å². The molecule has 7 nitrogen and oxygen atoms in total. The van der Waals surface area contributed by atoms with Crippen LogP contribution in [0.25, 0.3) is 0 Å². The number of aromatic amines is 1. The Hall–Kier alpha value is -2.44. The summed E-state index contributed by atoms with van der Waals surface area (Å²) in [4.78, 5) is 26.8. The second kappa shape index (κ2) is 7.18. The Balaban J connectivity index is 1.36. The van der Waals surface area contributed by atoms with E-state index in [2.05, 4.69) is 36.1 Å². The number of amides is 1. The van der Waals surface area contributed by atoms with Crippen LogP contribution in [-0.2, 0) is 12.0 Å². The van der Waals surface area contributed by atoms with E-state index in [0.29, 0.717) is 37.2 Å². The van der Waals surface area contributed by atoms with Gasteiger partial charge in [0.1, 0.15) is 5.69 Å². The van der Waals surface area contributed by atoms with Gasteiger partial charge in [0.05, 0.1) is 5.69 Å². The van der Waals surface area contributed by atoms with Crippen molar-refractivity contribution in [2.45, 2.75) is 64.3 Å². The molecule has 28 heavy (non-hydrogen) atoms. The fraction of sp³-hybridized carbons (Fsp3) is 0.619. The lowest BCUT2D eigenvalue weighted by Gasteiger charge is -2.31. The summed E-state index contributed by atoms with van der Waals surface area (Å²) in [6.07, 6.45) is 4.11. The van der Waals surface area contributed by atoms with Crippen molar-refractivity contribution in [2.75, 3.05) is 13.1 Å². The average molecular weight is 383 g/mol. The van der Waals surface area contributed by atoms with Crippen molar-refractivity contribution in [1.82, 2.24) is 24.9 Å². The number of carbonyl (C=O) groups excluding carboxylic acids is 1. The van der Waals surface area contributed by atoms with Crippen LogP contribution in [0.15, 0.2) is 23.0 Å². The molecule has 1 N–H and O–H groups in total. The molecule has 0 radical (unpaired) electrons. The molecule has 0 atom stereocenters. The molecule has 0 spiro atoms. The minimum atomic E-state index is -0.0617. The molecule has 2 aromatic rings. The van der Waals surface area contributed by atoms with Crippen LogP contribution in [0, 0.1) is 5.92 Å². The minimum absolute atomic E-state index is 0.0174. The van der Waals surface area contributed by atoms with Gasteiger partial charge in [-0.05, 0) is 43.7 Å². The van der Waals surface area contributed by atoms with Gasteiger partial charge in [-0.1, -0.05) is 20.8 Å². The van der Waals surface area contributed by atoms with Gasteiger partial charge in [0.25, 0.3) is 11.5 Å². The van der Waals surface area contributed by atoms with E-state index in [4.69, 9.17) is 0 Å². The lowest BCUT2D eigenvalue weighted by molar-refractivity contribution is 0.0674. The lowest BCUT2D eigenvalue weighted by atomic mass is 9.92. The van der Waals surface area contributed by atoms with Crippen molar-refractivity contribution in [3.8, 4) is 0 Å². The predicted octanol–water partition coefficient (Wildman–Crippen LogP) is 2.69. The third-order valence-corrected chi connectivity index (χ3v) is 5.82. The van der Waals surface area contributed by atoms with Crippen LogP contribution < -0.4 is 5.56 Å². The molecule has 1 saturated carbocycles. The molecule has 2 aromatic heterocycles. The van der Waals surface area contributed by atoms with Gasteiger partial charge in [-0.15, -0.1) is 0 Å². The zero-order valence-corrected chi connectivity index (χ0v) is 16.9. The van der Waals surface area contributed by atoms with Crippen LogP contribution in [0.2, 0.25) is 0 Å². The van der Waals surface area contributed by atoms with Gasteiger partial charge >= 0.3 is 0 Å². The van der Waals surface area contributed by atoms with E-state index in [1.807, 2.05) is 17.0 Å². The Morgan fingerprint density at radius 3 is 2.50 bits per heavy atom. The summed E-state index contributed by atoms with van der Waals surface area (Å²) in [6, 6.07) is 5.37. The van der Waals surface area contributed by atoms with Gasteiger partial charge < -0.3 is 4.90 Å². The molecule has 0 bridgehead atoms. The number of hydrogen-bond donors (Lipinski definition) is 1. The third-order valence-electron chi connectivity index (χ3n) is 5.82. The van der Waals surface area contributed by atoms with Crippen LogP contribution in [0.5, 0.6) is 0 Å². The number of H-pyrrole nitrogens is 1. The SMILES string of the molecule is CC(C)(C)c1cc(C(=O)N2CCC(Cn3nc(C4CC4)ccc3=O)CC2)n[nH]1. The summed E-state index contributed by atoms with van der Waals surface area (Å²) in [5.41, 5.74) is 2.40. The first kappa shape index (κ1) is 18.9. The molecule has 1 aliphatic carbocycles. The Labute approximate surface area is 165 Å². The van der Waals surface area contributed by atoms with Gasteiger partial charge in [0.2, 0.25) is 0 Å². The largest absolute Gasteiger partial charge is 0.337 e. The Kier molecular flexibility index (Phi) is 4.85. The number of aromatic nitrogens is 4. The maximum atomic E-state index is 12.8. The average Bonchev–Trinajstić information content (AvgIpc) is 3.38. The first-order valence-corrected chi connectivity index (χ1v) is 10.2. The summed E-state index contributed by atoms with van der Waals surface area (Å²) >= 11 is 0. The second-order valence-electron chi connectivity index (χ2n) is 9.21. The fourth-order valence-electron chi connectivity index (χ4n) is 3.73. The molecule has 7 heteroatoms. The molecule has 2 fully saturated rings. The summed E-state index contributed by atoms with van der Waals surface area (Å²) in [6.45, 7) is 8.30. The summed E-state index contributed by atoms with van der Waals surface area (Å²) in [5.74, 6) is 0.891.